The van der Waals surface area contributed by atoms with Crippen LogP contribution in [0.4, 0.5) is 5.69 Å². The molecule has 0 saturated heterocycles. The van der Waals surface area contributed by atoms with Crippen LogP contribution in [0.15, 0.2) is 89.3 Å². The molecule has 2 amide bonds. The van der Waals surface area contributed by atoms with Gasteiger partial charge in [-0.15, -0.1) is 0 Å². The summed E-state index contributed by atoms with van der Waals surface area (Å²) in [6, 6.07) is 25.8. The third kappa shape index (κ3) is 5.25. The van der Waals surface area contributed by atoms with Crippen LogP contribution in [0.25, 0.3) is 11.3 Å². The molecule has 7 heteroatoms. The third-order valence-electron chi connectivity index (χ3n) is 6.01. The molecule has 3 aromatic carbocycles. The number of fused-ring (bicyclic) bond motifs is 1. The number of hydrogen-bond acceptors (Lipinski definition) is 5. The maximum Gasteiger partial charge on any atom is 0.262 e. The molecule has 0 atom stereocenters. The molecule has 182 valence electrons. The summed E-state index contributed by atoms with van der Waals surface area (Å²) in [4.78, 5) is 27.2. The van der Waals surface area contributed by atoms with E-state index >= 15 is 0 Å². The summed E-state index contributed by atoms with van der Waals surface area (Å²) in [5, 5.41) is 2.86. The predicted octanol–water partition coefficient (Wildman–Crippen LogP) is 5.17. The van der Waals surface area contributed by atoms with Crippen molar-refractivity contribution in [2.24, 2.45) is 0 Å². The molecular weight excluding hydrogens is 456 g/mol. The Bertz CT molecular complexity index is 1380. The van der Waals surface area contributed by atoms with Crippen LogP contribution in [0.1, 0.15) is 21.7 Å². The number of rotatable bonds is 7. The largest absolute Gasteiger partial charge is 0.497 e. The average Bonchev–Trinajstić information content (AvgIpc) is 3.36. The lowest BCUT2D eigenvalue weighted by atomic mass is 10.1. The van der Waals surface area contributed by atoms with Gasteiger partial charge in [0.25, 0.3) is 11.8 Å². The molecule has 0 aliphatic carbocycles. The van der Waals surface area contributed by atoms with Crippen molar-refractivity contribution in [3.63, 3.8) is 0 Å². The first-order valence-corrected chi connectivity index (χ1v) is 11.7. The minimum atomic E-state index is -0.249. The molecule has 4 aromatic rings. The summed E-state index contributed by atoms with van der Waals surface area (Å²) in [6.45, 7) is 0.968. The minimum absolute atomic E-state index is 0.0373. The van der Waals surface area contributed by atoms with Gasteiger partial charge in [-0.2, -0.15) is 0 Å². The number of benzene rings is 3. The first-order chi connectivity index (χ1) is 17.6. The van der Waals surface area contributed by atoms with Gasteiger partial charge in [0.15, 0.2) is 6.61 Å². The fourth-order valence-corrected chi connectivity index (χ4v) is 4.20. The Balaban J connectivity index is 1.25. The zero-order chi connectivity index (χ0) is 24.9. The molecule has 1 N–H and O–H groups in total. The van der Waals surface area contributed by atoms with Gasteiger partial charge in [-0.3, -0.25) is 9.59 Å². The number of ether oxygens (including phenoxy) is 2. The Labute approximate surface area is 209 Å². The summed E-state index contributed by atoms with van der Waals surface area (Å²) in [7, 11) is 1.59. The number of carbonyl (C=O) groups excluding carboxylic acids is 2. The topological polar surface area (TPSA) is 81.0 Å². The molecule has 7 nitrogen and oxygen atoms in total. The van der Waals surface area contributed by atoms with Crippen molar-refractivity contribution in [1.82, 2.24) is 4.90 Å². The molecule has 5 rings (SSSR count). The lowest BCUT2D eigenvalue weighted by Crippen LogP contribution is -2.35. The van der Waals surface area contributed by atoms with E-state index in [-0.39, 0.29) is 18.4 Å². The van der Waals surface area contributed by atoms with E-state index in [1.165, 1.54) is 0 Å². The number of carbonyl (C=O) groups is 2. The highest BCUT2D eigenvalue weighted by molar-refractivity contribution is 5.95. The highest BCUT2D eigenvalue weighted by Gasteiger charge is 2.25. The van der Waals surface area contributed by atoms with E-state index in [1.54, 1.807) is 31.4 Å². The molecule has 2 heterocycles. The van der Waals surface area contributed by atoms with Gasteiger partial charge in [0.05, 0.1) is 7.11 Å². The number of methoxy groups -OCH3 is 1. The van der Waals surface area contributed by atoms with Crippen LogP contribution in [0.3, 0.4) is 0 Å². The maximum atomic E-state index is 13.0. The van der Waals surface area contributed by atoms with Crippen LogP contribution in [-0.2, 0) is 17.8 Å². The van der Waals surface area contributed by atoms with E-state index in [0.717, 1.165) is 16.9 Å². The van der Waals surface area contributed by atoms with Gasteiger partial charge >= 0.3 is 0 Å². The molecular formula is C29H26N2O5. The molecule has 36 heavy (non-hydrogen) atoms. The van der Waals surface area contributed by atoms with Crippen molar-refractivity contribution in [3.05, 3.63) is 102 Å². The number of hydrogen-bond donors (Lipinski definition) is 1. The number of para-hydroxylation sites is 1. The maximum absolute atomic E-state index is 13.0. The fraction of sp³-hybridized carbons (Fsp3) is 0.172. The van der Waals surface area contributed by atoms with E-state index in [9.17, 15) is 9.59 Å². The minimum Gasteiger partial charge on any atom is -0.497 e. The highest BCUT2D eigenvalue weighted by atomic mass is 16.5. The molecule has 1 aliphatic rings. The third-order valence-corrected chi connectivity index (χ3v) is 6.01. The zero-order valence-corrected chi connectivity index (χ0v) is 19.9. The molecule has 0 fully saturated rings. The number of nitrogens with one attached hydrogen (secondary N) is 1. The van der Waals surface area contributed by atoms with Gasteiger partial charge in [0.2, 0.25) is 0 Å². The van der Waals surface area contributed by atoms with Gasteiger partial charge in [-0.05, 0) is 48.5 Å². The molecule has 0 bridgehead atoms. The lowest BCUT2D eigenvalue weighted by Gasteiger charge is -2.26. The lowest BCUT2D eigenvalue weighted by molar-refractivity contribution is -0.118. The van der Waals surface area contributed by atoms with Crippen LogP contribution < -0.4 is 14.8 Å². The fourth-order valence-electron chi connectivity index (χ4n) is 4.20. The van der Waals surface area contributed by atoms with Gasteiger partial charge in [-0.25, -0.2) is 0 Å². The van der Waals surface area contributed by atoms with E-state index in [2.05, 4.69) is 5.32 Å². The van der Waals surface area contributed by atoms with Crippen LogP contribution in [0.2, 0.25) is 0 Å². The van der Waals surface area contributed by atoms with E-state index in [1.807, 2.05) is 65.6 Å². The van der Waals surface area contributed by atoms with Crippen molar-refractivity contribution in [2.45, 2.75) is 13.0 Å². The van der Waals surface area contributed by atoms with Crippen molar-refractivity contribution in [3.8, 4) is 22.8 Å². The summed E-state index contributed by atoms with van der Waals surface area (Å²) in [5.41, 5.74) is 3.08. The second-order valence-electron chi connectivity index (χ2n) is 8.50. The van der Waals surface area contributed by atoms with E-state index in [0.29, 0.717) is 48.0 Å². The highest BCUT2D eigenvalue weighted by Crippen LogP contribution is 2.31. The quantitative estimate of drug-likeness (QED) is 0.393. The summed E-state index contributed by atoms with van der Waals surface area (Å²) in [6.07, 6.45) is 0.637. The molecule has 1 aliphatic heterocycles. The van der Waals surface area contributed by atoms with Gasteiger partial charge in [-0.1, -0.05) is 36.4 Å². The SMILES string of the molecule is COc1cccc(C(=O)N2CCc3oc(-c4cccc(NC(=O)COc5ccccc5)c4)cc3C2)c1. The molecule has 0 radical (unpaired) electrons. The second-order valence-corrected chi connectivity index (χ2v) is 8.50. The van der Waals surface area contributed by atoms with Crippen molar-refractivity contribution in [1.29, 1.82) is 0 Å². The summed E-state index contributed by atoms with van der Waals surface area (Å²) in [5.74, 6) is 2.59. The monoisotopic (exact) mass is 482 g/mol. The number of furan rings is 1. The predicted molar refractivity (Wildman–Crippen MR) is 136 cm³/mol. The normalized spacial score (nSPS) is 12.5. The van der Waals surface area contributed by atoms with Crippen molar-refractivity contribution < 1.29 is 23.5 Å². The molecule has 0 unspecified atom stereocenters. The van der Waals surface area contributed by atoms with Gasteiger partial charge < -0.3 is 24.1 Å². The first-order valence-electron chi connectivity index (χ1n) is 11.7. The Kier molecular flexibility index (Phi) is 6.71. The Hall–Kier alpha value is -4.52. The zero-order valence-electron chi connectivity index (χ0n) is 19.9. The number of nitrogens with zero attached hydrogens (tertiary/aromatic N) is 1. The summed E-state index contributed by atoms with van der Waals surface area (Å²) < 4.78 is 16.9. The van der Waals surface area contributed by atoms with E-state index < -0.39 is 0 Å². The standard InChI is InChI=1S/C29H26N2O5/c1-34-25-12-6-8-21(16-25)29(33)31-14-13-26-22(18-31)17-27(36-26)20-7-5-9-23(15-20)30-28(32)19-35-24-10-3-2-4-11-24/h2-12,15-17H,13-14,18-19H2,1H3,(H,30,32). The molecule has 1 aromatic heterocycles. The Morgan fingerprint density at radius 2 is 1.75 bits per heavy atom. The number of amides is 2. The van der Waals surface area contributed by atoms with Crippen LogP contribution in [0, 0.1) is 0 Å². The van der Waals surface area contributed by atoms with Crippen molar-refractivity contribution in [2.75, 3.05) is 25.6 Å². The molecule has 0 spiro atoms. The first kappa shape index (κ1) is 23.2. The Morgan fingerprint density at radius 3 is 2.58 bits per heavy atom. The Morgan fingerprint density at radius 1 is 0.944 bits per heavy atom. The van der Waals surface area contributed by atoms with E-state index in [4.69, 9.17) is 13.9 Å². The number of anilines is 1. The van der Waals surface area contributed by atoms with Gasteiger partial charge in [0, 0.05) is 41.9 Å². The average molecular weight is 483 g/mol. The van der Waals surface area contributed by atoms with Crippen LogP contribution >= 0.6 is 0 Å². The van der Waals surface area contributed by atoms with Gasteiger partial charge in [0.1, 0.15) is 23.0 Å². The van der Waals surface area contributed by atoms with Crippen LogP contribution in [-0.4, -0.2) is 37.0 Å². The van der Waals surface area contributed by atoms with Crippen LogP contribution in [0.5, 0.6) is 11.5 Å². The summed E-state index contributed by atoms with van der Waals surface area (Å²) >= 11 is 0. The smallest absolute Gasteiger partial charge is 0.262 e. The van der Waals surface area contributed by atoms with Crippen molar-refractivity contribution >= 4 is 17.5 Å². The second kappa shape index (κ2) is 10.4. The molecule has 0 saturated carbocycles.